The number of amides is 1. The average molecular weight is 260 g/mol. The Kier molecular flexibility index (Phi) is 4.99. The van der Waals surface area contributed by atoms with Gasteiger partial charge in [0, 0.05) is 19.2 Å². The number of hydrogen-bond acceptors (Lipinski definition) is 4. The normalized spacial score (nSPS) is 12.1. The molecule has 0 radical (unpaired) electrons. The number of nitrogens with one attached hydrogen (secondary N) is 1. The van der Waals surface area contributed by atoms with Gasteiger partial charge in [-0.15, -0.1) is 0 Å². The molecule has 0 spiro atoms. The zero-order valence-electron chi connectivity index (χ0n) is 10.00. The van der Waals surface area contributed by atoms with E-state index in [1.165, 1.54) is 14.2 Å². The fourth-order valence-electron chi connectivity index (χ4n) is 1.26. The van der Waals surface area contributed by atoms with Crippen molar-refractivity contribution in [3.05, 3.63) is 23.8 Å². The third-order valence-electron chi connectivity index (χ3n) is 2.18. The number of carbonyl (C=O) groups is 1. The van der Waals surface area contributed by atoms with Crippen LogP contribution < -0.4 is 15.8 Å². The molecule has 3 N–H and O–H groups in total. The zero-order valence-corrected chi connectivity index (χ0v) is 10.00. The van der Waals surface area contributed by atoms with E-state index < -0.39 is 23.6 Å². The van der Waals surface area contributed by atoms with Crippen LogP contribution in [-0.2, 0) is 9.53 Å². The molecule has 0 heterocycles. The third kappa shape index (κ3) is 3.38. The fraction of sp³-hybridized carbons (Fsp3) is 0.364. The topological polar surface area (TPSA) is 73.6 Å². The van der Waals surface area contributed by atoms with E-state index >= 15 is 0 Å². The van der Waals surface area contributed by atoms with Gasteiger partial charge in [0.1, 0.15) is 6.04 Å². The summed E-state index contributed by atoms with van der Waals surface area (Å²) in [5.41, 5.74) is 5.14. The van der Waals surface area contributed by atoms with Gasteiger partial charge < -0.3 is 20.5 Å². The van der Waals surface area contributed by atoms with E-state index in [-0.39, 0.29) is 18.0 Å². The van der Waals surface area contributed by atoms with Gasteiger partial charge in [-0.3, -0.25) is 4.79 Å². The molecule has 100 valence electrons. The van der Waals surface area contributed by atoms with Crippen molar-refractivity contribution in [1.29, 1.82) is 0 Å². The van der Waals surface area contributed by atoms with Crippen molar-refractivity contribution in [3.8, 4) is 5.75 Å². The van der Waals surface area contributed by atoms with Gasteiger partial charge in [0.15, 0.2) is 17.4 Å². The Morgan fingerprint density at radius 1 is 1.39 bits per heavy atom. The summed E-state index contributed by atoms with van der Waals surface area (Å²) in [5, 5.41) is 2.17. The maximum atomic E-state index is 13.5. The predicted octanol–water partition coefficient (Wildman–Crippen LogP) is 0.886. The second-order valence-electron chi connectivity index (χ2n) is 3.52. The SMILES string of the molecule is COCC(N)C(=O)Nc1cc(F)c(OC)cc1F. The summed E-state index contributed by atoms with van der Waals surface area (Å²) in [4.78, 5) is 11.5. The van der Waals surface area contributed by atoms with Gasteiger partial charge in [-0.25, -0.2) is 8.78 Å². The van der Waals surface area contributed by atoms with E-state index in [1.54, 1.807) is 0 Å². The predicted molar refractivity (Wildman–Crippen MR) is 61.4 cm³/mol. The summed E-state index contributed by atoms with van der Waals surface area (Å²) < 4.78 is 36.1. The quantitative estimate of drug-likeness (QED) is 0.824. The first-order chi connectivity index (χ1) is 8.49. The Labute approximate surface area is 103 Å². The molecule has 1 atom stereocenters. The highest BCUT2D eigenvalue weighted by Gasteiger charge is 2.17. The number of benzene rings is 1. The number of rotatable bonds is 5. The first kappa shape index (κ1) is 14.3. The average Bonchev–Trinajstić information content (AvgIpc) is 2.33. The van der Waals surface area contributed by atoms with Crippen molar-refractivity contribution in [2.24, 2.45) is 5.73 Å². The molecule has 0 saturated heterocycles. The molecule has 0 fully saturated rings. The lowest BCUT2D eigenvalue weighted by Crippen LogP contribution is -2.39. The van der Waals surface area contributed by atoms with Crippen LogP contribution in [0.4, 0.5) is 14.5 Å². The Morgan fingerprint density at radius 2 is 2.06 bits per heavy atom. The maximum absolute atomic E-state index is 13.5. The maximum Gasteiger partial charge on any atom is 0.243 e. The zero-order chi connectivity index (χ0) is 13.7. The molecule has 0 aliphatic heterocycles. The lowest BCUT2D eigenvalue weighted by molar-refractivity contribution is -0.118. The van der Waals surface area contributed by atoms with Gasteiger partial charge in [0.25, 0.3) is 0 Å². The van der Waals surface area contributed by atoms with Crippen LogP contribution in [0.25, 0.3) is 0 Å². The van der Waals surface area contributed by atoms with Gasteiger partial charge in [-0.05, 0) is 0 Å². The van der Waals surface area contributed by atoms with Gasteiger partial charge >= 0.3 is 0 Å². The molecule has 1 unspecified atom stereocenters. The number of anilines is 1. The van der Waals surface area contributed by atoms with E-state index in [9.17, 15) is 13.6 Å². The van der Waals surface area contributed by atoms with Crippen LogP contribution in [0.2, 0.25) is 0 Å². The van der Waals surface area contributed by atoms with E-state index in [4.69, 9.17) is 5.73 Å². The lowest BCUT2D eigenvalue weighted by atomic mass is 10.2. The van der Waals surface area contributed by atoms with Crippen molar-refractivity contribution in [3.63, 3.8) is 0 Å². The molecule has 0 aliphatic rings. The van der Waals surface area contributed by atoms with Crippen LogP contribution in [0.15, 0.2) is 12.1 Å². The van der Waals surface area contributed by atoms with Crippen molar-refractivity contribution in [1.82, 2.24) is 0 Å². The van der Waals surface area contributed by atoms with E-state index in [2.05, 4.69) is 14.8 Å². The molecule has 1 amide bonds. The Morgan fingerprint density at radius 3 is 2.61 bits per heavy atom. The summed E-state index contributed by atoms with van der Waals surface area (Å²) >= 11 is 0. The van der Waals surface area contributed by atoms with Crippen LogP contribution >= 0.6 is 0 Å². The molecule has 0 aliphatic carbocycles. The molecule has 1 rings (SSSR count). The molecule has 1 aromatic rings. The number of hydrogen-bond donors (Lipinski definition) is 2. The van der Waals surface area contributed by atoms with E-state index in [1.807, 2.05) is 0 Å². The second kappa shape index (κ2) is 6.27. The van der Waals surface area contributed by atoms with Crippen LogP contribution in [0.5, 0.6) is 5.75 Å². The molecule has 5 nitrogen and oxygen atoms in total. The Bertz CT molecular complexity index is 441. The monoisotopic (exact) mass is 260 g/mol. The molecule has 0 aromatic heterocycles. The van der Waals surface area contributed by atoms with Crippen molar-refractivity contribution in [2.75, 3.05) is 26.1 Å². The smallest absolute Gasteiger partial charge is 0.243 e. The fourth-order valence-corrected chi connectivity index (χ4v) is 1.26. The molecular formula is C11H14F2N2O3. The van der Waals surface area contributed by atoms with Gasteiger partial charge in [0.05, 0.1) is 19.4 Å². The minimum atomic E-state index is -0.959. The number of halogens is 2. The minimum absolute atomic E-state index is 0.0217. The molecular weight excluding hydrogens is 246 g/mol. The van der Waals surface area contributed by atoms with Crippen LogP contribution in [0, 0.1) is 11.6 Å². The van der Waals surface area contributed by atoms with Gasteiger partial charge in [0.2, 0.25) is 5.91 Å². The standard InChI is InChI=1S/C11H14F2N2O3/c1-17-5-8(14)11(16)15-9-3-7(13)10(18-2)4-6(9)12/h3-4,8H,5,14H2,1-2H3,(H,15,16). The lowest BCUT2D eigenvalue weighted by Gasteiger charge is -2.12. The number of carbonyl (C=O) groups excluding carboxylic acids is 1. The summed E-state index contributed by atoms with van der Waals surface area (Å²) in [5.74, 6) is -2.51. The minimum Gasteiger partial charge on any atom is -0.494 e. The molecule has 0 bridgehead atoms. The van der Waals surface area contributed by atoms with Crippen LogP contribution in [0.1, 0.15) is 0 Å². The van der Waals surface area contributed by atoms with E-state index in [0.717, 1.165) is 12.1 Å². The third-order valence-corrected chi connectivity index (χ3v) is 2.18. The summed E-state index contributed by atoms with van der Waals surface area (Å²) in [6.07, 6.45) is 0. The van der Waals surface area contributed by atoms with Crippen molar-refractivity contribution < 1.29 is 23.0 Å². The van der Waals surface area contributed by atoms with Crippen molar-refractivity contribution >= 4 is 11.6 Å². The van der Waals surface area contributed by atoms with Gasteiger partial charge in [-0.2, -0.15) is 0 Å². The number of nitrogens with two attached hydrogens (primary N) is 1. The Hall–Kier alpha value is -1.73. The summed E-state index contributed by atoms with van der Waals surface area (Å²) in [6.45, 7) is -0.0217. The molecule has 7 heteroatoms. The number of methoxy groups -OCH3 is 2. The highest BCUT2D eigenvalue weighted by molar-refractivity contribution is 5.94. The first-order valence-electron chi connectivity index (χ1n) is 5.08. The van der Waals surface area contributed by atoms with Crippen LogP contribution in [-0.4, -0.2) is 32.8 Å². The van der Waals surface area contributed by atoms with E-state index in [0.29, 0.717) is 0 Å². The highest BCUT2D eigenvalue weighted by Crippen LogP contribution is 2.24. The van der Waals surface area contributed by atoms with Crippen LogP contribution in [0.3, 0.4) is 0 Å². The molecule has 1 aromatic carbocycles. The van der Waals surface area contributed by atoms with Gasteiger partial charge in [-0.1, -0.05) is 0 Å². The Balaban J connectivity index is 2.85. The summed E-state index contributed by atoms with van der Waals surface area (Å²) in [6, 6.07) is 0.706. The number of ether oxygens (including phenoxy) is 2. The largest absolute Gasteiger partial charge is 0.494 e. The second-order valence-corrected chi connectivity index (χ2v) is 3.52. The molecule has 18 heavy (non-hydrogen) atoms. The summed E-state index contributed by atoms with van der Waals surface area (Å²) in [7, 11) is 2.59. The molecule has 0 saturated carbocycles. The first-order valence-corrected chi connectivity index (χ1v) is 5.08. The van der Waals surface area contributed by atoms with Crippen molar-refractivity contribution in [2.45, 2.75) is 6.04 Å². The highest BCUT2D eigenvalue weighted by atomic mass is 19.1.